The molecule has 0 atom stereocenters. The number of benzene rings is 4. The van der Waals surface area contributed by atoms with Gasteiger partial charge in [-0.3, -0.25) is 38.1 Å². The summed E-state index contributed by atoms with van der Waals surface area (Å²) in [6, 6.07) is 33.8. The molecule has 3 amide bonds. The van der Waals surface area contributed by atoms with Gasteiger partial charge in [0.2, 0.25) is 6.29 Å². The lowest BCUT2D eigenvalue weighted by molar-refractivity contribution is -0.156. The zero-order valence-electron chi connectivity index (χ0n) is 48.9. The number of carbonyl (C=O) groups excluding carboxylic acids is 4. The average molecular weight is 1350 g/mol. The Hall–Kier alpha value is -9.60. The minimum absolute atomic E-state index is 0.0970. The summed E-state index contributed by atoms with van der Waals surface area (Å²) in [4.78, 5) is 86.9. The van der Waals surface area contributed by atoms with Gasteiger partial charge in [-0.1, -0.05) is 92.5 Å². The molecule has 4 aromatic carbocycles. The molecule has 2 aliphatic heterocycles. The number of carboxylic acid groups (broad SMARTS) is 1. The molecule has 460 valence electrons. The van der Waals surface area contributed by atoms with Gasteiger partial charge in [0.1, 0.15) is 22.7 Å². The van der Waals surface area contributed by atoms with Crippen LogP contribution in [0.4, 0.5) is 13.2 Å². The lowest BCUT2D eigenvalue weighted by Gasteiger charge is -2.29. The molecule has 0 aliphatic carbocycles. The highest BCUT2D eigenvalue weighted by Gasteiger charge is 2.31. The highest BCUT2D eigenvalue weighted by Crippen LogP contribution is 2.28. The summed E-state index contributed by atoms with van der Waals surface area (Å²) in [5.74, 6) is -0.801. The monoisotopic (exact) mass is 1340 g/mol. The smallest absolute Gasteiger partial charge is 0.446 e. The first-order valence-electron chi connectivity index (χ1n) is 27.7. The number of nitrogens with one attached hydrogen (secondary N) is 3. The second-order valence-electron chi connectivity index (χ2n) is 20.7. The van der Waals surface area contributed by atoms with Crippen molar-refractivity contribution in [1.82, 2.24) is 68.8 Å². The molecular formula is C62H59Br2F3N14O8. The first-order valence-corrected chi connectivity index (χ1v) is 29.3. The molecule has 10 aromatic rings. The highest BCUT2D eigenvalue weighted by atomic mass is 79.9. The number of aromatic nitrogens is 10. The van der Waals surface area contributed by atoms with Crippen LogP contribution in [-0.2, 0) is 57.7 Å². The SMILES string of the molecule is CNC(=O)c1cc(-n2c(=O)c3c(n4ncc(Cc5ccccc5)c24)CN(C(=O)c2ccc(Br)c(C)c2)CC3)nn1C.CNC(=O)c1cc(-n2c(=O)c3c(n4ncc(Cc5ccccc5)c24)CNCC3)nn1C.Cc1cc(C(=O)O)ccc1Br.O=CC(F)(F)F. The topological polar surface area (TPSA) is 259 Å². The van der Waals surface area contributed by atoms with E-state index in [0.29, 0.717) is 95.5 Å². The number of rotatable bonds is 10. The fraction of sp³-hybridized carbons (Fsp3) is 0.242. The van der Waals surface area contributed by atoms with E-state index in [4.69, 9.17) is 15.0 Å². The molecule has 4 N–H and O–H groups in total. The number of nitrogens with zero attached hydrogens (tertiary/aromatic N) is 11. The van der Waals surface area contributed by atoms with Crippen molar-refractivity contribution < 1.29 is 42.3 Å². The van der Waals surface area contributed by atoms with Crippen molar-refractivity contribution in [2.45, 2.75) is 58.8 Å². The Labute approximate surface area is 522 Å². The van der Waals surface area contributed by atoms with Gasteiger partial charge in [-0.15, -0.1) is 0 Å². The van der Waals surface area contributed by atoms with E-state index in [-0.39, 0.29) is 35.4 Å². The minimum Gasteiger partial charge on any atom is -0.478 e. The Morgan fingerprint density at radius 2 is 1.11 bits per heavy atom. The molecule has 0 spiro atoms. The summed E-state index contributed by atoms with van der Waals surface area (Å²) >= 11 is 6.78. The summed E-state index contributed by atoms with van der Waals surface area (Å²) in [5, 5.41) is 35.6. The Bertz CT molecular complexity index is 4480. The molecule has 27 heteroatoms. The molecule has 89 heavy (non-hydrogen) atoms. The fourth-order valence-corrected chi connectivity index (χ4v) is 10.9. The van der Waals surface area contributed by atoms with Gasteiger partial charge in [-0.25, -0.2) is 23.0 Å². The minimum atomic E-state index is -4.64. The highest BCUT2D eigenvalue weighted by molar-refractivity contribution is 9.10. The van der Waals surface area contributed by atoms with Crippen molar-refractivity contribution in [3.05, 3.63) is 230 Å². The zero-order valence-corrected chi connectivity index (χ0v) is 52.1. The standard InChI is InChI=1S/C30H28BrN7O3.C22H23N7O2.C8H7BrO2.C2HF3O/c1-18-13-20(9-10-23(18)31)29(40)36-12-11-22-25(17-36)38-28(21(16-33-38)14-19-7-5-4-6-8-19)37(30(22)41)26-15-24(27(39)32-2)35(3)34-26;1-23-20(30)17-11-19(26-27(17)2)28-21-15(10-14-6-4-3-5-7-14)12-25-29(21)18-13-24-9-8-16(18)22(28)31;1-5-4-6(8(10)11)2-3-7(5)9;3-2(4,5)1-6/h4-10,13,15-16H,11-12,14,17H2,1-3H3,(H,32,39);3-7,11-12,24H,8-10,13H2,1-2H3,(H,23,30);2-4H,1H3,(H,10,11);1H. The number of carboxylic acids is 1. The lowest BCUT2D eigenvalue weighted by atomic mass is 10.0. The summed E-state index contributed by atoms with van der Waals surface area (Å²) in [6.07, 6.45) is 0.0356. The molecular weight excluding hydrogens is 1290 g/mol. The van der Waals surface area contributed by atoms with E-state index in [0.717, 1.165) is 60.1 Å². The quantitative estimate of drug-likeness (QED) is 0.0971. The van der Waals surface area contributed by atoms with Crippen molar-refractivity contribution >= 4 is 73.1 Å². The predicted molar refractivity (Wildman–Crippen MR) is 331 cm³/mol. The maximum absolute atomic E-state index is 14.2. The molecule has 0 saturated heterocycles. The fourth-order valence-electron chi connectivity index (χ4n) is 10.4. The van der Waals surface area contributed by atoms with Gasteiger partial charge in [0.05, 0.1) is 35.9 Å². The number of fused-ring (bicyclic) bond motifs is 6. The number of carbonyl (C=O) groups is 5. The van der Waals surface area contributed by atoms with Gasteiger partial charge in [-0.05, 0) is 91.9 Å². The van der Waals surface area contributed by atoms with Gasteiger partial charge in [0, 0.05) is 103 Å². The second kappa shape index (κ2) is 27.2. The first-order chi connectivity index (χ1) is 42.5. The molecule has 0 saturated carbocycles. The van der Waals surface area contributed by atoms with Crippen molar-refractivity contribution in [3.8, 4) is 11.6 Å². The van der Waals surface area contributed by atoms with Crippen LogP contribution >= 0.6 is 31.9 Å². The van der Waals surface area contributed by atoms with Crippen LogP contribution < -0.4 is 27.1 Å². The Morgan fingerprint density at radius 1 is 0.663 bits per heavy atom. The molecule has 0 unspecified atom stereocenters. The largest absolute Gasteiger partial charge is 0.478 e. The van der Waals surface area contributed by atoms with Crippen LogP contribution in [0.3, 0.4) is 0 Å². The number of halogens is 5. The van der Waals surface area contributed by atoms with Gasteiger partial charge >= 0.3 is 12.1 Å². The maximum atomic E-state index is 14.2. The van der Waals surface area contributed by atoms with E-state index in [2.05, 4.69) is 75.2 Å². The molecule has 2 aliphatic rings. The van der Waals surface area contributed by atoms with E-state index < -0.39 is 18.4 Å². The van der Waals surface area contributed by atoms with Crippen LogP contribution in [0.15, 0.2) is 140 Å². The van der Waals surface area contributed by atoms with Gasteiger partial charge in [0.15, 0.2) is 11.6 Å². The molecule has 0 bridgehead atoms. The van der Waals surface area contributed by atoms with Crippen molar-refractivity contribution in [2.75, 3.05) is 27.2 Å². The summed E-state index contributed by atoms with van der Waals surface area (Å²) in [7, 11) is 6.49. The van der Waals surface area contributed by atoms with E-state index in [1.165, 1.54) is 9.36 Å². The molecule has 6 aromatic heterocycles. The third-order valence-corrected chi connectivity index (χ3v) is 16.6. The van der Waals surface area contributed by atoms with E-state index in [1.54, 1.807) is 89.3 Å². The first kappa shape index (κ1) is 63.9. The summed E-state index contributed by atoms with van der Waals surface area (Å²) in [6.45, 7) is 5.76. The Balaban J connectivity index is 0.000000171. The number of aromatic carboxylic acids is 1. The third kappa shape index (κ3) is 13.9. The van der Waals surface area contributed by atoms with Crippen LogP contribution in [-0.4, -0.2) is 121 Å². The van der Waals surface area contributed by atoms with Gasteiger partial charge in [0.25, 0.3) is 28.8 Å². The number of alkyl halides is 3. The number of hydrogen-bond acceptors (Lipinski definition) is 12. The number of hydrogen-bond donors (Lipinski definition) is 4. The number of aldehydes is 1. The van der Waals surface area contributed by atoms with Crippen LogP contribution in [0, 0.1) is 13.8 Å². The Morgan fingerprint density at radius 3 is 1.56 bits per heavy atom. The zero-order chi connectivity index (χ0) is 64.0. The Kier molecular flexibility index (Phi) is 19.5. The molecule has 0 radical (unpaired) electrons. The maximum Gasteiger partial charge on any atom is 0.446 e. The molecule has 0 fully saturated rings. The summed E-state index contributed by atoms with van der Waals surface area (Å²) < 4.78 is 42.8. The van der Waals surface area contributed by atoms with E-state index in [1.807, 2.05) is 85.2 Å². The van der Waals surface area contributed by atoms with Crippen molar-refractivity contribution in [3.63, 3.8) is 0 Å². The molecule has 12 rings (SSSR count). The number of amides is 3. The van der Waals surface area contributed by atoms with E-state index >= 15 is 0 Å². The molecule has 8 heterocycles. The summed E-state index contributed by atoms with van der Waals surface area (Å²) in [5.41, 5.74) is 11.2. The second-order valence-corrected chi connectivity index (χ2v) is 22.5. The van der Waals surface area contributed by atoms with Gasteiger partial charge in [-0.2, -0.15) is 33.6 Å². The third-order valence-electron chi connectivity index (χ3n) is 14.8. The average Bonchev–Trinajstić information content (AvgIpc) is 1.69. The molecule has 22 nitrogen and oxygen atoms in total. The van der Waals surface area contributed by atoms with Crippen LogP contribution in [0.25, 0.3) is 22.9 Å². The number of aryl methyl sites for hydroxylation is 4. The van der Waals surface area contributed by atoms with Crippen LogP contribution in [0.5, 0.6) is 0 Å². The van der Waals surface area contributed by atoms with Crippen molar-refractivity contribution in [1.29, 1.82) is 0 Å². The van der Waals surface area contributed by atoms with Crippen LogP contribution in [0.2, 0.25) is 0 Å². The predicted octanol–water partition coefficient (Wildman–Crippen LogP) is 7.46. The van der Waals surface area contributed by atoms with E-state index in [9.17, 15) is 41.9 Å². The van der Waals surface area contributed by atoms with Crippen molar-refractivity contribution in [2.24, 2.45) is 14.1 Å². The van der Waals surface area contributed by atoms with Gasteiger partial charge < -0.3 is 26.0 Å². The normalized spacial score (nSPS) is 12.6. The van der Waals surface area contributed by atoms with Crippen LogP contribution in [0.1, 0.15) is 97.6 Å². The lowest BCUT2D eigenvalue weighted by Crippen LogP contribution is -2.41.